The minimum absolute atomic E-state index is 0.0232. The summed E-state index contributed by atoms with van der Waals surface area (Å²) in [4.78, 5) is 11.5. The highest BCUT2D eigenvalue weighted by molar-refractivity contribution is 5.92. The molecule has 0 aliphatic heterocycles. The topological polar surface area (TPSA) is 77.5 Å². The van der Waals surface area contributed by atoms with Gasteiger partial charge in [-0.15, -0.1) is 0 Å². The van der Waals surface area contributed by atoms with Crippen molar-refractivity contribution >= 4 is 5.97 Å². The summed E-state index contributed by atoms with van der Waals surface area (Å²) in [5, 5.41) is 12.9. The van der Waals surface area contributed by atoms with Crippen LogP contribution in [0.2, 0.25) is 0 Å². The monoisotopic (exact) mass is 352 g/mol. The molecule has 9 heteroatoms. The van der Waals surface area contributed by atoms with E-state index in [1.807, 2.05) is 0 Å². The van der Waals surface area contributed by atoms with E-state index in [-0.39, 0.29) is 28.5 Å². The van der Waals surface area contributed by atoms with Crippen molar-refractivity contribution in [3.05, 3.63) is 53.9 Å². The summed E-state index contributed by atoms with van der Waals surface area (Å²) >= 11 is 0. The van der Waals surface area contributed by atoms with E-state index in [2.05, 4.69) is 5.10 Å². The second-order valence-corrected chi connectivity index (χ2v) is 4.99. The van der Waals surface area contributed by atoms with Crippen molar-refractivity contribution in [1.82, 2.24) is 9.78 Å². The molecule has 0 atom stereocenters. The smallest absolute Gasteiger partial charge is 0.435 e. The Bertz CT molecular complexity index is 914. The lowest BCUT2D eigenvalue weighted by Crippen LogP contribution is -2.10. The zero-order chi connectivity index (χ0) is 18.2. The molecule has 0 unspecified atom stereocenters. The van der Waals surface area contributed by atoms with Crippen LogP contribution in [0.3, 0.4) is 0 Å². The van der Waals surface area contributed by atoms with Gasteiger partial charge in [0.05, 0.1) is 24.6 Å². The largest absolute Gasteiger partial charge is 0.497 e. The van der Waals surface area contributed by atoms with Gasteiger partial charge in [-0.25, -0.2) is 9.48 Å². The number of hydrogen-bond acceptors (Lipinski definition) is 4. The van der Waals surface area contributed by atoms with Crippen molar-refractivity contribution in [2.24, 2.45) is 0 Å². The number of furan rings is 1. The molecule has 1 N–H and O–H groups in total. The molecule has 2 heterocycles. The lowest BCUT2D eigenvalue weighted by atomic mass is 10.1. The van der Waals surface area contributed by atoms with Gasteiger partial charge >= 0.3 is 12.1 Å². The fourth-order valence-electron chi connectivity index (χ4n) is 2.30. The zero-order valence-corrected chi connectivity index (χ0v) is 12.7. The lowest BCUT2D eigenvalue weighted by molar-refractivity contribution is -0.141. The van der Waals surface area contributed by atoms with E-state index in [9.17, 15) is 23.1 Å². The molecule has 2 aromatic heterocycles. The van der Waals surface area contributed by atoms with Crippen LogP contribution >= 0.6 is 0 Å². The van der Waals surface area contributed by atoms with E-state index < -0.39 is 17.8 Å². The highest BCUT2D eigenvalue weighted by Gasteiger charge is 2.36. The Kier molecular flexibility index (Phi) is 3.99. The van der Waals surface area contributed by atoms with Crippen LogP contribution in [-0.2, 0) is 6.18 Å². The molecular formula is C16H11F3N2O4. The summed E-state index contributed by atoms with van der Waals surface area (Å²) in [5.74, 6) is -0.956. The molecule has 3 rings (SSSR count). The van der Waals surface area contributed by atoms with Gasteiger partial charge in [-0.1, -0.05) is 0 Å². The minimum Gasteiger partial charge on any atom is -0.497 e. The number of benzene rings is 1. The standard InChI is InChI=1S/C16H11F3N2O4/c1-24-9-4-5-11(10(7-9)15(22)23)21-12(13-3-2-6-25-13)8-14(20-21)16(17,18)19/h2-8H,1H3,(H,22,23). The first-order valence-corrected chi connectivity index (χ1v) is 6.94. The molecule has 25 heavy (non-hydrogen) atoms. The van der Waals surface area contributed by atoms with Crippen LogP contribution in [0.1, 0.15) is 16.1 Å². The number of rotatable bonds is 4. The summed E-state index contributed by atoms with van der Waals surface area (Å²) in [6.45, 7) is 0. The molecule has 130 valence electrons. The number of carbonyl (C=O) groups is 1. The van der Waals surface area contributed by atoms with E-state index in [4.69, 9.17) is 9.15 Å². The third-order valence-electron chi connectivity index (χ3n) is 3.44. The molecule has 1 aromatic carbocycles. The van der Waals surface area contributed by atoms with E-state index in [1.165, 1.54) is 43.7 Å². The third-order valence-corrected chi connectivity index (χ3v) is 3.44. The van der Waals surface area contributed by atoms with Crippen LogP contribution in [0.4, 0.5) is 13.2 Å². The molecule has 0 saturated carbocycles. The highest BCUT2D eigenvalue weighted by Crippen LogP contribution is 2.34. The molecule has 3 aromatic rings. The molecule has 0 saturated heterocycles. The van der Waals surface area contributed by atoms with Gasteiger partial charge in [-0.05, 0) is 30.3 Å². The van der Waals surface area contributed by atoms with Crippen molar-refractivity contribution in [3.63, 3.8) is 0 Å². The number of alkyl halides is 3. The molecular weight excluding hydrogens is 341 g/mol. The number of aromatic carboxylic acids is 1. The van der Waals surface area contributed by atoms with Gasteiger partial charge in [-0.2, -0.15) is 18.3 Å². The number of aromatic nitrogens is 2. The van der Waals surface area contributed by atoms with Crippen LogP contribution < -0.4 is 4.74 Å². The lowest BCUT2D eigenvalue weighted by Gasteiger charge is -2.11. The van der Waals surface area contributed by atoms with Gasteiger partial charge in [0.2, 0.25) is 0 Å². The Hall–Kier alpha value is -3.23. The first kappa shape index (κ1) is 16.6. The fourth-order valence-corrected chi connectivity index (χ4v) is 2.30. The second-order valence-electron chi connectivity index (χ2n) is 4.99. The van der Waals surface area contributed by atoms with Gasteiger partial charge in [0, 0.05) is 6.07 Å². The summed E-state index contributed by atoms with van der Waals surface area (Å²) in [5.41, 5.74) is -1.49. The van der Waals surface area contributed by atoms with E-state index in [1.54, 1.807) is 0 Å². The van der Waals surface area contributed by atoms with Gasteiger partial charge in [0.1, 0.15) is 11.4 Å². The van der Waals surface area contributed by atoms with Crippen LogP contribution in [-0.4, -0.2) is 28.0 Å². The number of ether oxygens (including phenoxy) is 1. The first-order chi connectivity index (χ1) is 11.8. The Morgan fingerprint density at radius 1 is 1.28 bits per heavy atom. The van der Waals surface area contributed by atoms with Gasteiger partial charge in [0.25, 0.3) is 0 Å². The SMILES string of the molecule is COc1ccc(-n2nc(C(F)(F)F)cc2-c2ccco2)c(C(=O)O)c1. The number of carboxylic acids is 1. The van der Waals surface area contributed by atoms with Gasteiger partial charge in [-0.3, -0.25) is 0 Å². The van der Waals surface area contributed by atoms with Crippen LogP contribution in [0.5, 0.6) is 5.75 Å². The number of halogens is 3. The van der Waals surface area contributed by atoms with E-state index >= 15 is 0 Å². The van der Waals surface area contributed by atoms with Gasteiger partial charge in [0.15, 0.2) is 11.5 Å². The molecule has 6 nitrogen and oxygen atoms in total. The van der Waals surface area contributed by atoms with Crippen molar-refractivity contribution < 1.29 is 32.2 Å². The Labute approximate surface area is 139 Å². The molecule has 0 spiro atoms. The summed E-state index contributed by atoms with van der Waals surface area (Å²) in [6.07, 6.45) is -3.39. The number of carboxylic acid groups (broad SMARTS) is 1. The molecule has 0 amide bonds. The maximum atomic E-state index is 13.1. The van der Waals surface area contributed by atoms with E-state index in [0.717, 1.165) is 10.7 Å². The quantitative estimate of drug-likeness (QED) is 0.771. The Balaban J connectivity index is 2.27. The van der Waals surface area contributed by atoms with Crippen LogP contribution in [0.25, 0.3) is 17.1 Å². The third kappa shape index (κ3) is 3.08. The van der Waals surface area contributed by atoms with Crippen molar-refractivity contribution in [1.29, 1.82) is 0 Å². The average molecular weight is 352 g/mol. The first-order valence-electron chi connectivity index (χ1n) is 6.94. The molecule has 0 radical (unpaired) electrons. The Morgan fingerprint density at radius 3 is 2.60 bits per heavy atom. The molecule has 0 bridgehead atoms. The molecule has 0 aliphatic rings. The number of nitrogens with zero attached hydrogens (tertiary/aromatic N) is 2. The predicted molar refractivity (Wildman–Crippen MR) is 79.8 cm³/mol. The minimum atomic E-state index is -4.69. The fraction of sp³-hybridized carbons (Fsp3) is 0.125. The second kappa shape index (κ2) is 6.00. The summed E-state index contributed by atoms with van der Waals surface area (Å²) < 4.78 is 50.2. The maximum absolute atomic E-state index is 13.1. The zero-order valence-electron chi connectivity index (χ0n) is 12.7. The van der Waals surface area contributed by atoms with Gasteiger partial charge < -0.3 is 14.3 Å². The highest BCUT2D eigenvalue weighted by atomic mass is 19.4. The van der Waals surface area contributed by atoms with Crippen molar-refractivity contribution in [2.45, 2.75) is 6.18 Å². The van der Waals surface area contributed by atoms with Crippen LogP contribution in [0, 0.1) is 0 Å². The average Bonchev–Trinajstić information content (AvgIpc) is 3.22. The van der Waals surface area contributed by atoms with Crippen molar-refractivity contribution in [2.75, 3.05) is 7.11 Å². The summed E-state index contributed by atoms with van der Waals surface area (Å²) in [7, 11) is 1.35. The van der Waals surface area contributed by atoms with E-state index in [0.29, 0.717) is 0 Å². The molecule has 0 aliphatic carbocycles. The maximum Gasteiger partial charge on any atom is 0.435 e. The van der Waals surface area contributed by atoms with Crippen molar-refractivity contribution in [3.8, 4) is 22.9 Å². The Morgan fingerprint density at radius 2 is 2.04 bits per heavy atom. The number of methoxy groups -OCH3 is 1. The predicted octanol–water partition coefficient (Wildman–Crippen LogP) is 3.86. The molecule has 0 fully saturated rings. The normalized spacial score (nSPS) is 11.5. The number of hydrogen-bond donors (Lipinski definition) is 1. The summed E-state index contributed by atoms with van der Waals surface area (Å²) in [6, 6.07) is 7.72. The van der Waals surface area contributed by atoms with Crippen LogP contribution in [0.15, 0.2) is 47.1 Å².